The van der Waals surface area contributed by atoms with Crippen LogP contribution in [-0.4, -0.2) is 17.1 Å². The van der Waals surface area contributed by atoms with Crippen molar-refractivity contribution < 1.29 is 4.74 Å². The van der Waals surface area contributed by atoms with E-state index in [9.17, 15) is 0 Å². The lowest BCUT2D eigenvalue weighted by atomic mass is 10.1. The summed E-state index contributed by atoms with van der Waals surface area (Å²) in [5.41, 5.74) is 9.34. The minimum atomic E-state index is -0.234. The molecule has 0 saturated heterocycles. The molecule has 0 fully saturated rings. The molecule has 0 aliphatic rings. The molecule has 0 radical (unpaired) electrons. The lowest BCUT2D eigenvalue weighted by Crippen LogP contribution is -2.05. The molecule has 1 unspecified atom stereocenters. The molecule has 20 heavy (non-hydrogen) atoms. The molecule has 5 heteroatoms. The van der Waals surface area contributed by atoms with Crippen LogP contribution in [0.1, 0.15) is 17.5 Å². The van der Waals surface area contributed by atoms with Crippen LogP contribution in [0.4, 0.5) is 5.69 Å². The number of nitrogens with one attached hydrogen (secondary N) is 1. The van der Waals surface area contributed by atoms with E-state index < -0.39 is 0 Å². The van der Waals surface area contributed by atoms with Crippen LogP contribution in [0.25, 0.3) is 11.0 Å². The van der Waals surface area contributed by atoms with Gasteiger partial charge in [0.25, 0.3) is 0 Å². The van der Waals surface area contributed by atoms with Crippen molar-refractivity contribution >= 4 is 32.7 Å². The topological polar surface area (TPSA) is 63.9 Å². The number of nitrogens with two attached hydrogens (primary N) is 1. The highest BCUT2D eigenvalue weighted by Gasteiger charge is 2.18. The second kappa shape index (κ2) is 5.26. The van der Waals surface area contributed by atoms with Crippen molar-refractivity contribution in [1.82, 2.24) is 9.97 Å². The van der Waals surface area contributed by atoms with Crippen LogP contribution in [0.2, 0.25) is 0 Å². The first-order valence-electron chi connectivity index (χ1n) is 6.21. The van der Waals surface area contributed by atoms with Crippen molar-refractivity contribution in [1.29, 1.82) is 0 Å². The van der Waals surface area contributed by atoms with E-state index in [1.165, 1.54) is 0 Å². The molecule has 0 aliphatic heterocycles. The van der Waals surface area contributed by atoms with Gasteiger partial charge in [0, 0.05) is 11.6 Å². The quantitative estimate of drug-likeness (QED) is 0.720. The number of aromatic nitrogens is 2. The molecule has 0 aliphatic carbocycles. The first-order valence-corrected chi connectivity index (χ1v) is 7.00. The molecule has 0 amide bonds. The summed E-state index contributed by atoms with van der Waals surface area (Å²) >= 11 is 3.43. The number of aromatic amines is 1. The van der Waals surface area contributed by atoms with Gasteiger partial charge >= 0.3 is 0 Å². The largest absolute Gasteiger partial charge is 0.397 e. The third-order valence-corrected chi connectivity index (χ3v) is 3.64. The number of imidazole rings is 1. The predicted octanol–water partition coefficient (Wildman–Crippen LogP) is 3.64. The summed E-state index contributed by atoms with van der Waals surface area (Å²) in [6.45, 7) is 0. The number of ether oxygens (including phenoxy) is 1. The maximum absolute atomic E-state index is 6.00. The van der Waals surface area contributed by atoms with E-state index >= 15 is 0 Å². The number of nitrogen functional groups attached to an aromatic ring is 1. The SMILES string of the molecule is COC(c1ccccc1)c1nc2c(N)cc(Br)cc2[nH]1. The van der Waals surface area contributed by atoms with E-state index in [1.54, 1.807) is 7.11 Å². The third kappa shape index (κ3) is 2.30. The molecule has 0 bridgehead atoms. The van der Waals surface area contributed by atoms with Gasteiger partial charge in [-0.15, -0.1) is 0 Å². The van der Waals surface area contributed by atoms with Gasteiger partial charge in [-0.1, -0.05) is 46.3 Å². The predicted molar refractivity (Wildman–Crippen MR) is 83.5 cm³/mol. The van der Waals surface area contributed by atoms with E-state index in [0.29, 0.717) is 5.69 Å². The van der Waals surface area contributed by atoms with E-state index in [0.717, 1.165) is 26.9 Å². The molecule has 1 atom stereocenters. The number of halogens is 1. The van der Waals surface area contributed by atoms with Gasteiger partial charge in [-0.05, 0) is 17.7 Å². The molecule has 3 N–H and O–H groups in total. The lowest BCUT2D eigenvalue weighted by Gasteiger charge is -2.12. The van der Waals surface area contributed by atoms with Gasteiger partial charge in [-0.2, -0.15) is 0 Å². The van der Waals surface area contributed by atoms with Crippen LogP contribution < -0.4 is 5.73 Å². The van der Waals surface area contributed by atoms with Crippen molar-refractivity contribution in [2.75, 3.05) is 12.8 Å². The van der Waals surface area contributed by atoms with Gasteiger partial charge in [0.05, 0.1) is 11.2 Å². The summed E-state index contributed by atoms with van der Waals surface area (Å²) in [6.07, 6.45) is -0.234. The number of methoxy groups -OCH3 is 1. The molecule has 1 aromatic heterocycles. The number of rotatable bonds is 3. The lowest BCUT2D eigenvalue weighted by molar-refractivity contribution is 0.130. The minimum absolute atomic E-state index is 0.234. The van der Waals surface area contributed by atoms with E-state index in [4.69, 9.17) is 10.5 Å². The van der Waals surface area contributed by atoms with Crippen molar-refractivity contribution in [3.63, 3.8) is 0 Å². The molecular weight excluding hydrogens is 318 g/mol. The Kier molecular flexibility index (Phi) is 3.46. The van der Waals surface area contributed by atoms with Crippen LogP contribution in [0, 0.1) is 0 Å². The van der Waals surface area contributed by atoms with E-state index in [-0.39, 0.29) is 6.10 Å². The van der Waals surface area contributed by atoms with Gasteiger partial charge in [0.1, 0.15) is 17.4 Å². The number of fused-ring (bicyclic) bond motifs is 1. The molecule has 0 saturated carbocycles. The van der Waals surface area contributed by atoms with Crippen molar-refractivity contribution in [3.05, 3.63) is 58.3 Å². The Balaban J connectivity index is 2.11. The molecule has 4 nitrogen and oxygen atoms in total. The fourth-order valence-electron chi connectivity index (χ4n) is 2.28. The molecule has 1 heterocycles. The Labute approximate surface area is 125 Å². The number of hydrogen-bond acceptors (Lipinski definition) is 3. The van der Waals surface area contributed by atoms with Crippen molar-refractivity contribution in [2.45, 2.75) is 6.10 Å². The van der Waals surface area contributed by atoms with Crippen LogP contribution >= 0.6 is 15.9 Å². The average Bonchev–Trinajstić information content (AvgIpc) is 2.84. The maximum Gasteiger partial charge on any atom is 0.141 e. The summed E-state index contributed by atoms with van der Waals surface area (Å²) in [6, 6.07) is 13.8. The average molecular weight is 332 g/mol. The summed E-state index contributed by atoms with van der Waals surface area (Å²) in [4.78, 5) is 7.86. The smallest absolute Gasteiger partial charge is 0.141 e. The highest BCUT2D eigenvalue weighted by molar-refractivity contribution is 9.10. The Morgan fingerprint density at radius 3 is 2.70 bits per heavy atom. The Bertz CT molecular complexity index is 739. The number of benzene rings is 2. The third-order valence-electron chi connectivity index (χ3n) is 3.19. The summed E-state index contributed by atoms with van der Waals surface area (Å²) < 4.78 is 6.50. The first-order chi connectivity index (χ1) is 9.69. The minimum Gasteiger partial charge on any atom is -0.397 e. The van der Waals surface area contributed by atoms with Crippen LogP contribution in [0.15, 0.2) is 46.9 Å². The number of H-pyrrole nitrogens is 1. The summed E-state index contributed by atoms with van der Waals surface area (Å²) in [5, 5.41) is 0. The van der Waals surface area contributed by atoms with Gasteiger partial charge in [-0.3, -0.25) is 0 Å². The van der Waals surface area contributed by atoms with E-state index in [2.05, 4.69) is 25.9 Å². The number of nitrogens with zero attached hydrogens (tertiary/aromatic N) is 1. The van der Waals surface area contributed by atoms with Crippen molar-refractivity contribution in [3.8, 4) is 0 Å². The van der Waals surface area contributed by atoms with Crippen LogP contribution in [0.5, 0.6) is 0 Å². The summed E-state index contributed by atoms with van der Waals surface area (Å²) in [7, 11) is 1.67. The van der Waals surface area contributed by atoms with E-state index in [1.807, 2.05) is 42.5 Å². The number of anilines is 1. The second-order valence-corrected chi connectivity index (χ2v) is 5.46. The zero-order valence-electron chi connectivity index (χ0n) is 10.9. The van der Waals surface area contributed by atoms with Gasteiger partial charge in [-0.25, -0.2) is 4.98 Å². The fourth-order valence-corrected chi connectivity index (χ4v) is 2.76. The molecule has 0 spiro atoms. The molecule has 2 aromatic carbocycles. The maximum atomic E-state index is 6.00. The Morgan fingerprint density at radius 1 is 1.25 bits per heavy atom. The highest BCUT2D eigenvalue weighted by atomic mass is 79.9. The number of hydrogen-bond donors (Lipinski definition) is 2. The Hall–Kier alpha value is -1.85. The molecular formula is C15H14BrN3O. The van der Waals surface area contributed by atoms with Gasteiger partial charge in [0.15, 0.2) is 0 Å². The molecule has 3 rings (SSSR count). The normalized spacial score (nSPS) is 12.7. The second-order valence-electron chi connectivity index (χ2n) is 4.54. The highest BCUT2D eigenvalue weighted by Crippen LogP contribution is 2.29. The van der Waals surface area contributed by atoms with Crippen molar-refractivity contribution in [2.24, 2.45) is 0 Å². The fraction of sp³-hybridized carbons (Fsp3) is 0.133. The van der Waals surface area contributed by atoms with Crippen LogP contribution in [-0.2, 0) is 4.74 Å². The van der Waals surface area contributed by atoms with Crippen LogP contribution in [0.3, 0.4) is 0 Å². The van der Waals surface area contributed by atoms with Gasteiger partial charge < -0.3 is 15.5 Å². The first kappa shape index (κ1) is 13.1. The molecule has 102 valence electrons. The zero-order chi connectivity index (χ0) is 14.1. The summed E-state index contributed by atoms with van der Waals surface area (Å²) in [5.74, 6) is 0.749. The molecule has 3 aromatic rings. The monoisotopic (exact) mass is 331 g/mol. The Morgan fingerprint density at radius 2 is 2.00 bits per heavy atom. The standard InChI is InChI=1S/C15H14BrN3O/c1-20-14(9-5-3-2-4-6-9)15-18-12-8-10(16)7-11(17)13(12)19-15/h2-8,14H,17H2,1H3,(H,18,19). The van der Waals surface area contributed by atoms with Gasteiger partial charge in [0.2, 0.25) is 0 Å². The zero-order valence-corrected chi connectivity index (χ0v) is 12.5.